The van der Waals surface area contributed by atoms with E-state index in [0.717, 1.165) is 0 Å². The fraction of sp³-hybridized carbons (Fsp3) is 0.333. The summed E-state index contributed by atoms with van der Waals surface area (Å²) in [5.41, 5.74) is 10.7. The predicted molar refractivity (Wildman–Crippen MR) is 109 cm³/mol. The van der Waals surface area contributed by atoms with Crippen LogP contribution in [0.4, 0.5) is 14.4 Å². The smallest absolute Gasteiger partial charge is 0.353 e. The van der Waals surface area contributed by atoms with Crippen LogP contribution < -0.4 is 32.4 Å². The molecule has 184 valence electrons. The molecule has 34 heavy (non-hydrogen) atoms. The Balaban J connectivity index is 1.67. The number of aromatic hydroxyl groups is 1. The van der Waals surface area contributed by atoms with Crippen molar-refractivity contribution in [3.63, 3.8) is 0 Å². The van der Waals surface area contributed by atoms with Crippen LogP contribution >= 0.6 is 0 Å². The van der Waals surface area contributed by atoms with Gasteiger partial charge in [0, 0.05) is 6.07 Å². The van der Waals surface area contributed by atoms with Crippen LogP contribution in [0, 0.1) is 0 Å². The van der Waals surface area contributed by atoms with Crippen molar-refractivity contribution in [1.82, 2.24) is 34.7 Å². The summed E-state index contributed by atoms with van der Waals surface area (Å²) in [7, 11) is -4.72. The molecule has 1 aromatic heterocycles. The van der Waals surface area contributed by atoms with Gasteiger partial charge in [0.05, 0.1) is 31.9 Å². The minimum atomic E-state index is -4.72. The number of hydrogen-bond acceptors (Lipinski definition) is 10. The summed E-state index contributed by atoms with van der Waals surface area (Å²) in [5.74, 6) is -2.63. The Bertz CT molecular complexity index is 1240. The lowest BCUT2D eigenvalue weighted by Crippen LogP contribution is -2.66. The molecule has 2 fully saturated rings. The molecule has 8 amide bonds. The number of β-lactam (4-membered cyclic amide) rings is 1. The third-order valence-corrected chi connectivity index (χ3v) is 6.04. The quantitative estimate of drug-likeness (QED) is 0.184. The number of nitrogens with zero attached hydrogens (tertiary/aromatic N) is 3. The van der Waals surface area contributed by atoms with Crippen molar-refractivity contribution in [2.45, 2.75) is 12.6 Å². The average Bonchev–Trinajstić information content (AvgIpc) is 3.12. The van der Waals surface area contributed by atoms with Gasteiger partial charge < -0.3 is 26.9 Å². The van der Waals surface area contributed by atoms with Gasteiger partial charge in [0.15, 0.2) is 5.75 Å². The Morgan fingerprint density at radius 1 is 1.21 bits per heavy atom. The number of aromatic nitrogens is 1. The van der Waals surface area contributed by atoms with E-state index < -0.39 is 76.1 Å². The van der Waals surface area contributed by atoms with Crippen LogP contribution in [-0.2, 0) is 21.5 Å². The lowest BCUT2D eigenvalue weighted by atomic mass is 10.1. The highest BCUT2D eigenvalue weighted by molar-refractivity contribution is 7.88. The molecule has 9 N–H and O–H groups in total. The number of nitrogens with one attached hydrogen (secondary N) is 4. The average molecular weight is 501 g/mol. The van der Waals surface area contributed by atoms with E-state index in [1.165, 1.54) is 0 Å². The van der Waals surface area contributed by atoms with Gasteiger partial charge in [-0.2, -0.15) is 8.42 Å². The fourth-order valence-electron chi connectivity index (χ4n) is 2.91. The number of rotatable bonds is 6. The highest BCUT2D eigenvalue weighted by Gasteiger charge is 2.43. The first kappa shape index (κ1) is 24.3. The Morgan fingerprint density at radius 3 is 2.47 bits per heavy atom. The Kier molecular flexibility index (Phi) is 6.32. The van der Waals surface area contributed by atoms with Gasteiger partial charge in [-0.05, 0) is 0 Å². The van der Waals surface area contributed by atoms with Gasteiger partial charge in [0.2, 0.25) is 11.3 Å². The van der Waals surface area contributed by atoms with Crippen LogP contribution in [0.2, 0.25) is 0 Å². The van der Waals surface area contributed by atoms with Crippen molar-refractivity contribution in [3.8, 4) is 5.75 Å². The van der Waals surface area contributed by atoms with Gasteiger partial charge >= 0.3 is 28.3 Å². The first-order valence-corrected chi connectivity index (χ1v) is 10.8. The maximum Gasteiger partial charge on any atom is 0.353 e. The number of H-pyrrole nitrogens is 1. The highest BCUT2D eigenvalue weighted by atomic mass is 32.2. The van der Waals surface area contributed by atoms with Crippen molar-refractivity contribution in [3.05, 3.63) is 27.7 Å². The molecule has 0 spiro atoms. The summed E-state index contributed by atoms with van der Waals surface area (Å²) in [6.07, 6.45) is 0. The van der Waals surface area contributed by atoms with Crippen molar-refractivity contribution in [2.24, 2.45) is 11.5 Å². The topological polar surface area (TPSA) is 270 Å². The molecule has 0 saturated carbocycles. The van der Waals surface area contributed by atoms with E-state index in [-0.39, 0.29) is 23.1 Å². The number of hydrazine groups is 1. The molecule has 0 radical (unpaired) electrons. The van der Waals surface area contributed by atoms with Crippen LogP contribution in [0.15, 0.2) is 10.9 Å². The summed E-state index contributed by atoms with van der Waals surface area (Å²) < 4.78 is 26.6. The van der Waals surface area contributed by atoms with Crippen LogP contribution in [0.5, 0.6) is 5.75 Å². The molecule has 0 bridgehead atoms. The first-order valence-electron chi connectivity index (χ1n) is 9.34. The minimum Gasteiger partial charge on any atom is -0.503 e. The maximum absolute atomic E-state index is 12.5. The molecule has 18 nitrogen and oxygen atoms in total. The van der Waals surface area contributed by atoms with Crippen LogP contribution in [0.25, 0.3) is 0 Å². The minimum absolute atomic E-state index is 0.196. The number of amides is 8. The predicted octanol–water partition coefficient (Wildman–Crippen LogP) is -4.24. The molecule has 2 saturated heterocycles. The third-order valence-electron chi connectivity index (χ3n) is 4.69. The molecule has 0 aliphatic carbocycles. The molecule has 0 aromatic carbocycles. The summed E-state index contributed by atoms with van der Waals surface area (Å²) >= 11 is 0. The van der Waals surface area contributed by atoms with E-state index >= 15 is 0 Å². The third kappa shape index (κ3) is 4.68. The zero-order chi connectivity index (χ0) is 25.4. The summed E-state index contributed by atoms with van der Waals surface area (Å²) in [6, 6.07) is -3.71. The number of urea groups is 3. The molecule has 2 aliphatic rings. The molecule has 1 atom stereocenters. The largest absolute Gasteiger partial charge is 0.503 e. The maximum atomic E-state index is 12.5. The van der Waals surface area contributed by atoms with Gasteiger partial charge in [0.1, 0.15) is 11.7 Å². The van der Waals surface area contributed by atoms with Gasteiger partial charge in [0.25, 0.3) is 5.91 Å². The van der Waals surface area contributed by atoms with Gasteiger partial charge in [-0.15, -0.1) is 0 Å². The number of carbonyl (C=O) groups excluding carboxylic acids is 5. The first-order chi connectivity index (χ1) is 15.8. The zero-order valence-electron chi connectivity index (χ0n) is 17.1. The molecule has 3 rings (SSSR count). The van der Waals surface area contributed by atoms with Gasteiger partial charge in [-0.25, -0.2) is 28.4 Å². The number of nitrogens with two attached hydrogens (primary N) is 2. The standard InChI is InChI=1S/C15H19N9O9S/c16-6-5-22(12(6)28)14(30)21-34(32,33)24-2-1-23(15(24)31)20-11(27)7-3-9(25)10(26)8(19-7)4-18-13(17)29/h3,6,26H,1-2,4-5,16H2,(H,19,25)(H,20,27)(H,21,30)(H3,17,18,29). The molecule has 1 unspecified atom stereocenters. The van der Waals surface area contributed by atoms with E-state index in [4.69, 9.17) is 11.5 Å². The molecule has 19 heteroatoms. The Hall–Kier alpha value is -4.39. The number of primary amides is 1. The van der Waals surface area contributed by atoms with E-state index in [9.17, 15) is 42.3 Å². The van der Waals surface area contributed by atoms with E-state index in [0.29, 0.717) is 16.0 Å². The second-order valence-electron chi connectivity index (χ2n) is 7.01. The Labute approximate surface area is 190 Å². The normalized spacial score (nSPS) is 17.9. The van der Waals surface area contributed by atoms with E-state index in [1.807, 2.05) is 0 Å². The summed E-state index contributed by atoms with van der Waals surface area (Å²) in [4.78, 5) is 74.0. The monoisotopic (exact) mass is 501 g/mol. The lowest BCUT2D eigenvalue weighted by molar-refractivity contribution is -0.137. The highest BCUT2D eigenvalue weighted by Crippen LogP contribution is 2.14. The van der Waals surface area contributed by atoms with Crippen molar-refractivity contribution >= 4 is 40.1 Å². The van der Waals surface area contributed by atoms with Crippen molar-refractivity contribution < 1.29 is 37.5 Å². The summed E-state index contributed by atoms with van der Waals surface area (Å²) in [5, 5.41) is 12.5. The number of aromatic amines is 1. The van der Waals surface area contributed by atoms with Gasteiger partial charge in [-0.1, -0.05) is 0 Å². The second kappa shape index (κ2) is 8.86. The fourth-order valence-corrected chi connectivity index (χ4v) is 3.98. The SMILES string of the molecule is NC(=O)NCc1[nH]c(C(=O)NN2CCN(S(=O)(=O)NC(=O)N3CC(N)C3=O)C2=O)cc(=O)c1O. The number of hydrogen-bond donors (Lipinski definition) is 7. The van der Waals surface area contributed by atoms with Gasteiger partial charge in [-0.3, -0.25) is 24.7 Å². The van der Waals surface area contributed by atoms with E-state index in [1.54, 1.807) is 4.72 Å². The molecular weight excluding hydrogens is 482 g/mol. The molecule has 3 heterocycles. The van der Waals surface area contributed by atoms with E-state index in [2.05, 4.69) is 15.7 Å². The number of carbonyl (C=O) groups is 5. The molecular formula is C15H19N9O9S. The summed E-state index contributed by atoms with van der Waals surface area (Å²) in [6.45, 7) is -1.41. The van der Waals surface area contributed by atoms with Crippen molar-refractivity contribution in [2.75, 3.05) is 19.6 Å². The zero-order valence-corrected chi connectivity index (χ0v) is 17.9. The number of pyridine rings is 1. The number of likely N-dealkylation sites (tertiary alicyclic amines) is 1. The van der Waals surface area contributed by atoms with Crippen LogP contribution in [0.1, 0.15) is 16.2 Å². The van der Waals surface area contributed by atoms with Crippen LogP contribution in [0.3, 0.4) is 0 Å². The lowest BCUT2D eigenvalue weighted by Gasteiger charge is -2.34. The second-order valence-corrected chi connectivity index (χ2v) is 8.60. The Morgan fingerprint density at radius 2 is 1.88 bits per heavy atom. The number of imide groups is 1. The molecule has 2 aliphatic heterocycles. The van der Waals surface area contributed by atoms with Crippen molar-refractivity contribution in [1.29, 1.82) is 0 Å². The van der Waals surface area contributed by atoms with Crippen LogP contribution in [-0.4, -0.2) is 88.3 Å². The molecule has 1 aromatic rings.